The number of anilines is 2. The maximum absolute atomic E-state index is 13.5. The van der Waals surface area contributed by atoms with Crippen LogP contribution in [0.1, 0.15) is 47.5 Å². The van der Waals surface area contributed by atoms with E-state index in [-0.39, 0.29) is 11.5 Å². The monoisotopic (exact) mass is 453 g/mol. The Hall–Kier alpha value is -2.38. The van der Waals surface area contributed by atoms with E-state index in [2.05, 4.69) is 33.3 Å². The van der Waals surface area contributed by atoms with Crippen LogP contribution in [0.25, 0.3) is 0 Å². The number of carbonyl (C=O) groups is 2. The number of para-hydroxylation sites is 1. The van der Waals surface area contributed by atoms with E-state index in [1.807, 2.05) is 11.8 Å². The Morgan fingerprint density at radius 2 is 2.16 bits per heavy atom. The van der Waals surface area contributed by atoms with Gasteiger partial charge in [0.2, 0.25) is 6.41 Å². The first kappa shape index (κ1) is 21.5. The molecule has 0 aromatic heterocycles. The van der Waals surface area contributed by atoms with Gasteiger partial charge in [-0.2, -0.15) is 0 Å². The highest BCUT2D eigenvalue weighted by molar-refractivity contribution is 7.99. The summed E-state index contributed by atoms with van der Waals surface area (Å²) in [4.78, 5) is 30.1. The minimum absolute atomic E-state index is 0.0644. The molecular weight excluding hydrogens is 425 g/mol. The molecule has 2 atom stereocenters. The van der Waals surface area contributed by atoms with E-state index in [9.17, 15) is 14.0 Å². The van der Waals surface area contributed by atoms with Crippen LogP contribution in [0.3, 0.4) is 0 Å². The number of nitrogens with zero attached hydrogens (tertiary/aromatic N) is 2. The summed E-state index contributed by atoms with van der Waals surface area (Å²) < 4.78 is 13.5. The highest BCUT2D eigenvalue weighted by Gasteiger charge is 2.43. The average molecular weight is 454 g/mol. The van der Waals surface area contributed by atoms with Crippen molar-refractivity contribution in [3.8, 4) is 0 Å². The second-order valence-corrected chi connectivity index (χ2v) is 9.97. The van der Waals surface area contributed by atoms with Crippen molar-refractivity contribution in [2.75, 3.05) is 42.1 Å². The molecule has 0 unspecified atom stereocenters. The molecule has 0 bridgehead atoms. The predicted molar refractivity (Wildman–Crippen MR) is 126 cm³/mol. The van der Waals surface area contributed by atoms with Crippen LogP contribution >= 0.6 is 11.8 Å². The van der Waals surface area contributed by atoms with Crippen molar-refractivity contribution in [2.24, 2.45) is 0 Å². The van der Waals surface area contributed by atoms with Crippen LogP contribution in [0.5, 0.6) is 0 Å². The lowest BCUT2D eigenvalue weighted by atomic mass is 9.89. The van der Waals surface area contributed by atoms with Crippen molar-refractivity contribution in [1.29, 1.82) is 0 Å². The summed E-state index contributed by atoms with van der Waals surface area (Å²) in [5.74, 6) is 1.20. The van der Waals surface area contributed by atoms with Crippen LogP contribution in [0.15, 0.2) is 41.3 Å². The van der Waals surface area contributed by atoms with Crippen molar-refractivity contribution in [3.63, 3.8) is 0 Å². The normalized spacial score (nSPS) is 22.1. The van der Waals surface area contributed by atoms with Gasteiger partial charge in [-0.25, -0.2) is 4.39 Å². The zero-order valence-electron chi connectivity index (χ0n) is 18.1. The largest absolute Gasteiger partial charge is 0.367 e. The second kappa shape index (κ2) is 9.24. The fourth-order valence-corrected chi connectivity index (χ4v) is 6.59. The SMILES string of the molecule is O=CNc1cc(F)ccc1C(=O)CCCN1CC[C@H]2[C@@H](C1)c1cccc3c1N2CCCS3. The Morgan fingerprint density at radius 3 is 3.03 bits per heavy atom. The molecule has 1 saturated heterocycles. The fraction of sp³-hybridized carbons (Fsp3) is 0.440. The second-order valence-electron chi connectivity index (χ2n) is 8.83. The molecule has 32 heavy (non-hydrogen) atoms. The summed E-state index contributed by atoms with van der Waals surface area (Å²) in [7, 11) is 0. The Kier molecular flexibility index (Phi) is 6.20. The van der Waals surface area contributed by atoms with E-state index in [0.29, 0.717) is 30.4 Å². The average Bonchev–Trinajstić information content (AvgIpc) is 2.95. The van der Waals surface area contributed by atoms with E-state index < -0.39 is 5.82 Å². The van der Waals surface area contributed by atoms with Crippen molar-refractivity contribution in [1.82, 2.24) is 4.90 Å². The quantitative estimate of drug-likeness (QED) is 0.493. The number of halogens is 1. The number of amides is 1. The number of Topliss-reactive ketones (excluding diaryl/α,β-unsaturated/α-hetero) is 1. The lowest BCUT2D eigenvalue weighted by molar-refractivity contribution is -0.105. The van der Waals surface area contributed by atoms with E-state index in [1.165, 1.54) is 46.5 Å². The number of carbonyl (C=O) groups excluding carboxylic acids is 2. The van der Waals surface area contributed by atoms with Crippen molar-refractivity contribution < 1.29 is 14.0 Å². The third-order valence-electron chi connectivity index (χ3n) is 6.95. The molecule has 0 aliphatic carbocycles. The molecule has 0 radical (unpaired) electrons. The van der Waals surface area contributed by atoms with Crippen molar-refractivity contribution >= 4 is 35.3 Å². The molecule has 168 valence electrons. The molecule has 1 fully saturated rings. The third-order valence-corrected chi connectivity index (χ3v) is 8.09. The lowest BCUT2D eigenvalue weighted by Crippen LogP contribution is -2.46. The zero-order valence-corrected chi connectivity index (χ0v) is 18.9. The van der Waals surface area contributed by atoms with E-state index in [1.54, 1.807) is 0 Å². The van der Waals surface area contributed by atoms with Gasteiger partial charge in [-0.15, -0.1) is 11.8 Å². The van der Waals surface area contributed by atoms with Gasteiger partial charge in [0.15, 0.2) is 5.78 Å². The van der Waals surface area contributed by atoms with Crippen LogP contribution < -0.4 is 10.2 Å². The number of hydrogen-bond donors (Lipinski definition) is 1. The number of piperidine rings is 1. The number of hydrogen-bond acceptors (Lipinski definition) is 5. The first-order chi connectivity index (χ1) is 15.7. The van der Waals surface area contributed by atoms with Crippen LogP contribution in [0, 0.1) is 5.82 Å². The number of fused-ring (bicyclic) bond motifs is 3. The molecule has 5 rings (SSSR count). The molecule has 2 aromatic rings. The topological polar surface area (TPSA) is 52.7 Å². The summed E-state index contributed by atoms with van der Waals surface area (Å²) in [5.41, 5.74) is 3.59. The molecule has 0 saturated carbocycles. The predicted octanol–water partition coefficient (Wildman–Crippen LogP) is 4.53. The number of ketones is 1. The van der Waals surface area contributed by atoms with Gasteiger partial charge in [-0.3, -0.25) is 9.59 Å². The van der Waals surface area contributed by atoms with Crippen LogP contribution in [0.2, 0.25) is 0 Å². The molecule has 5 nitrogen and oxygen atoms in total. The van der Waals surface area contributed by atoms with Crippen LogP contribution in [0.4, 0.5) is 15.8 Å². The number of nitrogens with one attached hydrogen (secondary N) is 1. The van der Waals surface area contributed by atoms with Gasteiger partial charge < -0.3 is 15.1 Å². The van der Waals surface area contributed by atoms with Gasteiger partial charge in [0.1, 0.15) is 5.82 Å². The first-order valence-electron chi connectivity index (χ1n) is 11.4. The van der Waals surface area contributed by atoms with Gasteiger partial charge in [0.25, 0.3) is 0 Å². The van der Waals surface area contributed by atoms with Crippen molar-refractivity contribution in [2.45, 2.75) is 42.5 Å². The molecule has 3 aliphatic heterocycles. The molecule has 7 heteroatoms. The van der Waals surface area contributed by atoms with Crippen molar-refractivity contribution in [3.05, 3.63) is 53.3 Å². The summed E-state index contributed by atoms with van der Waals surface area (Å²) in [6.07, 6.45) is 4.00. The Labute approximate surface area is 192 Å². The molecule has 1 amide bonds. The van der Waals surface area contributed by atoms with Gasteiger partial charge in [0.05, 0.1) is 11.4 Å². The maximum Gasteiger partial charge on any atom is 0.211 e. The highest BCUT2D eigenvalue weighted by atomic mass is 32.2. The van der Waals surface area contributed by atoms with E-state index in [4.69, 9.17) is 0 Å². The first-order valence-corrected chi connectivity index (χ1v) is 12.4. The summed E-state index contributed by atoms with van der Waals surface area (Å²) in [6.45, 7) is 4.11. The Morgan fingerprint density at radius 1 is 1.25 bits per heavy atom. The van der Waals surface area contributed by atoms with E-state index >= 15 is 0 Å². The number of thioether (sulfide) groups is 1. The van der Waals surface area contributed by atoms with Gasteiger partial charge in [0, 0.05) is 48.5 Å². The van der Waals surface area contributed by atoms with E-state index in [0.717, 1.165) is 39.0 Å². The van der Waals surface area contributed by atoms with Crippen LogP contribution in [-0.4, -0.2) is 55.1 Å². The standard InChI is InChI=1S/C25H28FN3O2S/c26-17-7-8-19(21(14-17)27-16-30)23(31)5-2-10-28-12-9-22-20(15-28)18-4-1-6-24-25(18)29(22)11-3-13-32-24/h1,4,6-8,14,16,20,22H,2-3,5,9-13,15H2,(H,27,30)/t20-,22-/m0/s1. The molecular formula is C25H28FN3O2S. The number of likely N-dealkylation sites (tertiary alicyclic amines) is 1. The molecule has 3 heterocycles. The molecule has 0 spiro atoms. The van der Waals surface area contributed by atoms with Gasteiger partial charge >= 0.3 is 0 Å². The van der Waals surface area contributed by atoms with Crippen LogP contribution in [-0.2, 0) is 4.79 Å². The summed E-state index contributed by atoms with van der Waals surface area (Å²) >= 11 is 1.99. The highest BCUT2D eigenvalue weighted by Crippen LogP contribution is 2.50. The molecule has 1 N–H and O–H groups in total. The smallest absolute Gasteiger partial charge is 0.211 e. The summed E-state index contributed by atoms with van der Waals surface area (Å²) in [5, 5.41) is 2.44. The minimum atomic E-state index is -0.471. The third kappa shape index (κ3) is 4.04. The van der Waals surface area contributed by atoms with Gasteiger partial charge in [-0.05, 0) is 61.4 Å². The summed E-state index contributed by atoms with van der Waals surface area (Å²) in [6, 6.07) is 11.3. The lowest BCUT2D eigenvalue weighted by Gasteiger charge is -2.39. The maximum atomic E-state index is 13.5. The minimum Gasteiger partial charge on any atom is -0.367 e. The number of benzene rings is 2. The molecule has 2 aromatic carbocycles. The van der Waals surface area contributed by atoms with Gasteiger partial charge in [-0.1, -0.05) is 12.1 Å². The number of rotatable bonds is 7. The zero-order chi connectivity index (χ0) is 22.1. The Balaban J connectivity index is 1.22. The Bertz CT molecular complexity index is 1030. The molecule has 3 aliphatic rings. The fourth-order valence-electron chi connectivity index (χ4n) is 5.55.